The third-order valence-corrected chi connectivity index (χ3v) is 6.05. The molecule has 2 aliphatic rings. The van der Waals surface area contributed by atoms with Gasteiger partial charge >= 0.3 is 0 Å². The maximum atomic E-state index is 12.4. The monoisotopic (exact) mass is 464 g/mol. The summed E-state index contributed by atoms with van der Waals surface area (Å²) in [5.74, 6) is -0.393. The van der Waals surface area contributed by atoms with Crippen LogP contribution in [0.3, 0.4) is 0 Å². The van der Waals surface area contributed by atoms with Gasteiger partial charge in [-0.15, -0.1) is 28.3 Å². The zero-order valence-corrected chi connectivity index (χ0v) is 18.3. The fourth-order valence-electron chi connectivity index (χ4n) is 3.75. The number of halogens is 1. The minimum Gasteiger partial charge on any atom is -0.484 e. The van der Waals surface area contributed by atoms with E-state index in [0.717, 1.165) is 24.7 Å². The third-order valence-electron chi connectivity index (χ3n) is 5.19. The lowest BCUT2D eigenvalue weighted by molar-refractivity contribution is 0.0647. The highest BCUT2D eigenvalue weighted by Gasteiger charge is 2.34. The van der Waals surface area contributed by atoms with Gasteiger partial charge < -0.3 is 4.74 Å². The Morgan fingerprint density at radius 1 is 0.964 bits per heavy atom. The van der Waals surface area contributed by atoms with Gasteiger partial charge in [0.1, 0.15) is 0 Å². The van der Waals surface area contributed by atoms with Gasteiger partial charge in [-0.05, 0) is 55.9 Å². The van der Waals surface area contributed by atoms with Gasteiger partial charge in [0.05, 0.1) is 17.7 Å². The molecule has 150 valence electrons. The Morgan fingerprint density at radius 3 is 2.32 bits per heavy atom. The Morgan fingerprint density at radius 2 is 1.64 bits per heavy atom. The fourth-order valence-corrected chi connectivity index (χ4v) is 4.55. The largest absolute Gasteiger partial charge is 0.484 e. The van der Waals surface area contributed by atoms with E-state index in [9.17, 15) is 9.59 Å². The van der Waals surface area contributed by atoms with Gasteiger partial charge in [0.15, 0.2) is 5.06 Å². The van der Waals surface area contributed by atoms with E-state index in [4.69, 9.17) is 4.74 Å². The summed E-state index contributed by atoms with van der Waals surface area (Å²) in [7, 11) is 0. The van der Waals surface area contributed by atoms with Crippen molar-refractivity contribution in [2.45, 2.75) is 32.2 Å². The van der Waals surface area contributed by atoms with Crippen molar-refractivity contribution in [3.8, 4) is 5.06 Å². The number of nitrogens with zero attached hydrogens (tertiary/aromatic N) is 2. The van der Waals surface area contributed by atoms with Crippen molar-refractivity contribution in [2.24, 2.45) is 0 Å². The second-order valence-electron chi connectivity index (χ2n) is 7.08. The Labute approximate surface area is 180 Å². The van der Waals surface area contributed by atoms with Crippen LogP contribution in [0.1, 0.15) is 52.0 Å². The molecule has 1 fully saturated rings. The lowest BCUT2D eigenvalue weighted by atomic mass is 10.1. The number of amides is 2. The van der Waals surface area contributed by atoms with Crippen LogP contribution in [0.4, 0.5) is 0 Å². The first kappa shape index (κ1) is 21.0. The number of piperidine rings is 1. The van der Waals surface area contributed by atoms with E-state index >= 15 is 0 Å². The molecular formula is C21H25BrN2O3S. The quantitative estimate of drug-likeness (QED) is 0.450. The van der Waals surface area contributed by atoms with E-state index in [1.807, 2.05) is 0 Å². The fraction of sp³-hybridized carbons (Fsp3) is 0.429. The van der Waals surface area contributed by atoms with Crippen LogP contribution in [0, 0.1) is 0 Å². The molecule has 0 unspecified atom stereocenters. The minimum atomic E-state index is -0.197. The first-order chi connectivity index (χ1) is 13.2. The number of fused-ring (bicyclic) bond motifs is 1. The summed E-state index contributed by atoms with van der Waals surface area (Å²) in [5, 5.41) is 3.03. The zero-order chi connectivity index (χ0) is 18.6. The lowest BCUT2D eigenvalue weighted by Gasteiger charge is -2.26. The Balaban J connectivity index is 0.00000225. The molecule has 0 aliphatic carbocycles. The number of rotatable bonds is 7. The second kappa shape index (κ2) is 9.67. The van der Waals surface area contributed by atoms with Gasteiger partial charge in [0.2, 0.25) is 0 Å². The summed E-state index contributed by atoms with van der Waals surface area (Å²) in [6.45, 7) is 4.15. The molecule has 0 saturated carbocycles. The number of hydrogen-bond donors (Lipinski definition) is 0. The maximum absolute atomic E-state index is 12.4. The molecule has 2 aliphatic heterocycles. The van der Waals surface area contributed by atoms with Crippen LogP contribution in [0.2, 0.25) is 0 Å². The SMILES string of the molecule is Br.O=C1c2ccccc2C(=O)N1CCCOc1sccc1CN1CCCCC1. The van der Waals surface area contributed by atoms with Gasteiger partial charge in [-0.3, -0.25) is 19.4 Å². The first-order valence-corrected chi connectivity index (χ1v) is 10.5. The van der Waals surface area contributed by atoms with Crippen LogP contribution in [-0.4, -0.2) is 47.9 Å². The number of hydrogen-bond acceptors (Lipinski definition) is 5. The van der Waals surface area contributed by atoms with Crippen LogP contribution in [0.25, 0.3) is 0 Å². The predicted octanol–water partition coefficient (Wildman–Crippen LogP) is 4.38. The van der Waals surface area contributed by atoms with Crippen LogP contribution in [0.5, 0.6) is 5.06 Å². The van der Waals surface area contributed by atoms with Gasteiger partial charge in [-0.2, -0.15) is 0 Å². The number of ether oxygens (including phenoxy) is 1. The number of carbonyl (C=O) groups is 2. The molecule has 1 aromatic heterocycles. The number of carbonyl (C=O) groups excluding carboxylic acids is 2. The predicted molar refractivity (Wildman–Crippen MR) is 116 cm³/mol. The summed E-state index contributed by atoms with van der Waals surface area (Å²) < 4.78 is 5.97. The van der Waals surface area contributed by atoms with Crippen LogP contribution in [-0.2, 0) is 6.54 Å². The molecule has 0 spiro atoms. The van der Waals surface area contributed by atoms with Gasteiger partial charge in [0.25, 0.3) is 11.8 Å². The molecule has 3 heterocycles. The normalized spacial score (nSPS) is 16.8. The van der Waals surface area contributed by atoms with E-state index in [2.05, 4.69) is 16.3 Å². The van der Waals surface area contributed by atoms with Crippen molar-refractivity contribution in [1.82, 2.24) is 9.80 Å². The highest BCUT2D eigenvalue weighted by Crippen LogP contribution is 2.28. The van der Waals surface area contributed by atoms with E-state index in [0.29, 0.717) is 30.7 Å². The molecule has 0 bridgehead atoms. The molecule has 0 N–H and O–H groups in total. The molecule has 0 atom stereocenters. The van der Waals surface area contributed by atoms with Crippen molar-refractivity contribution < 1.29 is 14.3 Å². The zero-order valence-electron chi connectivity index (χ0n) is 15.8. The molecule has 5 nitrogen and oxygen atoms in total. The summed E-state index contributed by atoms with van der Waals surface area (Å²) in [5.41, 5.74) is 2.25. The van der Waals surface area contributed by atoms with Crippen molar-refractivity contribution >= 4 is 40.1 Å². The third kappa shape index (κ3) is 4.47. The van der Waals surface area contributed by atoms with Crippen molar-refractivity contribution in [3.05, 3.63) is 52.4 Å². The van der Waals surface area contributed by atoms with Crippen molar-refractivity contribution in [3.63, 3.8) is 0 Å². The molecule has 1 saturated heterocycles. The van der Waals surface area contributed by atoms with Crippen molar-refractivity contribution in [1.29, 1.82) is 0 Å². The molecule has 4 rings (SSSR count). The van der Waals surface area contributed by atoms with Crippen molar-refractivity contribution in [2.75, 3.05) is 26.2 Å². The van der Waals surface area contributed by atoms with E-state index in [-0.39, 0.29) is 28.8 Å². The number of thiophene rings is 1. The molecular weight excluding hydrogens is 440 g/mol. The lowest BCUT2D eigenvalue weighted by Crippen LogP contribution is -2.31. The molecule has 2 amide bonds. The highest BCUT2D eigenvalue weighted by molar-refractivity contribution is 8.93. The summed E-state index contributed by atoms with van der Waals surface area (Å²) in [6, 6.07) is 9.14. The van der Waals surface area contributed by atoms with Crippen LogP contribution >= 0.6 is 28.3 Å². The van der Waals surface area contributed by atoms with E-state index < -0.39 is 0 Å². The molecule has 28 heavy (non-hydrogen) atoms. The molecule has 7 heteroatoms. The summed E-state index contributed by atoms with van der Waals surface area (Å²) in [4.78, 5) is 28.5. The Bertz CT molecular complexity index is 798. The molecule has 0 radical (unpaired) electrons. The van der Waals surface area contributed by atoms with Gasteiger partial charge in [-0.1, -0.05) is 18.6 Å². The summed E-state index contributed by atoms with van der Waals surface area (Å²) >= 11 is 1.62. The highest BCUT2D eigenvalue weighted by atomic mass is 79.9. The maximum Gasteiger partial charge on any atom is 0.261 e. The minimum absolute atomic E-state index is 0. The number of benzene rings is 1. The smallest absolute Gasteiger partial charge is 0.261 e. The number of imide groups is 1. The van der Waals surface area contributed by atoms with Gasteiger partial charge in [-0.25, -0.2) is 0 Å². The average molecular weight is 465 g/mol. The van der Waals surface area contributed by atoms with Crippen LogP contribution in [0.15, 0.2) is 35.7 Å². The average Bonchev–Trinajstić information content (AvgIpc) is 3.23. The Kier molecular flexibility index (Phi) is 7.26. The first-order valence-electron chi connectivity index (χ1n) is 9.61. The number of likely N-dealkylation sites (tertiary alicyclic amines) is 1. The van der Waals surface area contributed by atoms with E-state index in [1.54, 1.807) is 35.6 Å². The van der Waals surface area contributed by atoms with E-state index in [1.165, 1.54) is 29.7 Å². The van der Waals surface area contributed by atoms with Crippen LogP contribution < -0.4 is 4.74 Å². The van der Waals surface area contributed by atoms with Gasteiger partial charge in [0, 0.05) is 18.7 Å². The molecule has 2 aromatic rings. The summed E-state index contributed by atoms with van der Waals surface area (Å²) in [6.07, 6.45) is 4.52. The topological polar surface area (TPSA) is 49.9 Å². The molecule has 1 aromatic carbocycles. The Hall–Kier alpha value is -1.70. The standard InChI is InChI=1S/C21H24N2O3S.BrH/c24-19-17-7-2-3-8-18(17)20(25)23(19)12-6-13-26-21-16(9-14-27-21)15-22-10-4-1-5-11-22;/h2-3,7-9,14H,1,4-6,10-13,15H2;1H. The second-order valence-corrected chi connectivity index (χ2v) is 7.96.